The van der Waals surface area contributed by atoms with Gasteiger partial charge in [-0.2, -0.15) is 5.10 Å². The zero-order valence-corrected chi connectivity index (χ0v) is 13.0. The topological polar surface area (TPSA) is 87.5 Å². The number of nitrogens with one attached hydrogen (secondary N) is 1. The number of carboxylic acid groups (broad SMARTS) is 1. The van der Waals surface area contributed by atoms with E-state index in [4.69, 9.17) is 0 Å². The van der Waals surface area contributed by atoms with Gasteiger partial charge in [-0.25, -0.2) is 9.59 Å². The Kier molecular flexibility index (Phi) is 5.11. The highest BCUT2D eigenvalue weighted by Crippen LogP contribution is 2.31. The van der Waals surface area contributed by atoms with Crippen molar-refractivity contribution in [3.8, 4) is 0 Å². The summed E-state index contributed by atoms with van der Waals surface area (Å²) in [7, 11) is 1.84. The van der Waals surface area contributed by atoms with E-state index >= 15 is 0 Å². The van der Waals surface area contributed by atoms with Crippen molar-refractivity contribution in [2.45, 2.75) is 31.2 Å². The molecule has 116 valence electrons. The maximum atomic E-state index is 12.2. The largest absolute Gasteiger partial charge is 0.480 e. The fourth-order valence-corrected chi connectivity index (χ4v) is 3.67. The van der Waals surface area contributed by atoms with Gasteiger partial charge in [0.15, 0.2) is 0 Å². The van der Waals surface area contributed by atoms with Crippen LogP contribution in [0.25, 0.3) is 0 Å². The van der Waals surface area contributed by atoms with Crippen molar-refractivity contribution in [1.82, 2.24) is 20.0 Å². The second-order valence-corrected chi connectivity index (χ2v) is 6.13. The highest BCUT2D eigenvalue weighted by Gasteiger charge is 2.40. The third-order valence-electron chi connectivity index (χ3n) is 3.39. The van der Waals surface area contributed by atoms with Crippen LogP contribution >= 0.6 is 11.8 Å². The first kappa shape index (κ1) is 15.7. The van der Waals surface area contributed by atoms with Gasteiger partial charge in [0.2, 0.25) is 0 Å². The number of amides is 2. The number of urea groups is 1. The quantitative estimate of drug-likeness (QED) is 0.844. The van der Waals surface area contributed by atoms with Crippen LogP contribution in [0.3, 0.4) is 0 Å². The van der Waals surface area contributed by atoms with Gasteiger partial charge in [0.1, 0.15) is 6.04 Å². The molecule has 2 amide bonds. The lowest BCUT2D eigenvalue weighted by atomic mass is 10.2. The van der Waals surface area contributed by atoms with Gasteiger partial charge in [-0.15, -0.1) is 11.8 Å². The Hall–Kier alpha value is -1.70. The molecule has 0 aliphatic carbocycles. The van der Waals surface area contributed by atoms with Gasteiger partial charge in [-0.1, -0.05) is 6.92 Å². The molecule has 2 unspecified atom stereocenters. The second kappa shape index (κ2) is 6.84. The molecule has 0 spiro atoms. The van der Waals surface area contributed by atoms with Gasteiger partial charge < -0.3 is 10.4 Å². The summed E-state index contributed by atoms with van der Waals surface area (Å²) >= 11 is 1.52. The van der Waals surface area contributed by atoms with Gasteiger partial charge in [0.25, 0.3) is 0 Å². The van der Waals surface area contributed by atoms with Crippen LogP contribution in [0, 0.1) is 0 Å². The second-order valence-electron chi connectivity index (χ2n) is 4.92. The smallest absolute Gasteiger partial charge is 0.327 e. The summed E-state index contributed by atoms with van der Waals surface area (Å²) in [5, 5.41) is 16.2. The highest BCUT2D eigenvalue weighted by atomic mass is 32.2. The number of carboxylic acids is 1. The van der Waals surface area contributed by atoms with Gasteiger partial charge in [-0.05, 0) is 12.5 Å². The van der Waals surface area contributed by atoms with Crippen LogP contribution in [0.15, 0.2) is 12.3 Å². The van der Waals surface area contributed by atoms with Crippen molar-refractivity contribution >= 4 is 23.8 Å². The van der Waals surface area contributed by atoms with Crippen molar-refractivity contribution in [1.29, 1.82) is 0 Å². The van der Waals surface area contributed by atoms with E-state index in [0.29, 0.717) is 18.7 Å². The number of rotatable bonds is 5. The third-order valence-corrected chi connectivity index (χ3v) is 4.84. The Morgan fingerprint density at radius 3 is 2.90 bits per heavy atom. The van der Waals surface area contributed by atoms with E-state index in [0.717, 1.165) is 12.1 Å². The van der Waals surface area contributed by atoms with Crippen LogP contribution in [-0.2, 0) is 18.3 Å². The molecule has 2 rings (SSSR count). The molecular formula is C13H20N4O3S. The van der Waals surface area contributed by atoms with E-state index < -0.39 is 12.0 Å². The van der Waals surface area contributed by atoms with Crippen LogP contribution in [0.2, 0.25) is 0 Å². The lowest BCUT2D eigenvalue weighted by molar-refractivity contribution is -0.141. The van der Waals surface area contributed by atoms with Crippen molar-refractivity contribution in [3.05, 3.63) is 18.0 Å². The molecule has 21 heavy (non-hydrogen) atoms. The average Bonchev–Trinajstić information content (AvgIpc) is 3.04. The first-order chi connectivity index (χ1) is 10.0. The number of thioether (sulfide) groups is 1. The molecule has 0 bridgehead atoms. The summed E-state index contributed by atoms with van der Waals surface area (Å²) < 4.78 is 1.71. The Morgan fingerprint density at radius 1 is 1.57 bits per heavy atom. The Labute approximate surface area is 127 Å². The molecule has 2 atom stereocenters. The Morgan fingerprint density at radius 2 is 2.33 bits per heavy atom. The van der Waals surface area contributed by atoms with Gasteiger partial charge in [0.05, 0.1) is 11.1 Å². The van der Waals surface area contributed by atoms with E-state index in [-0.39, 0.29) is 11.4 Å². The molecule has 1 saturated heterocycles. The molecule has 0 aromatic carbocycles. The van der Waals surface area contributed by atoms with Crippen molar-refractivity contribution in [2.75, 3.05) is 12.3 Å². The van der Waals surface area contributed by atoms with E-state index in [2.05, 4.69) is 10.4 Å². The van der Waals surface area contributed by atoms with Crippen LogP contribution in [0.5, 0.6) is 0 Å². The Bertz CT molecular complexity index is 519. The van der Waals surface area contributed by atoms with E-state index in [1.807, 2.05) is 26.2 Å². The summed E-state index contributed by atoms with van der Waals surface area (Å²) in [5.74, 6) is -0.500. The number of aliphatic carboxylic acids is 1. The average molecular weight is 312 g/mol. The molecule has 1 aromatic rings. The summed E-state index contributed by atoms with van der Waals surface area (Å²) in [4.78, 5) is 24.9. The normalized spacial score (nSPS) is 21.5. The molecule has 8 heteroatoms. The highest BCUT2D eigenvalue weighted by molar-refractivity contribution is 8.00. The molecule has 0 saturated carbocycles. The van der Waals surface area contributed by atoms with E-state index in [1.54, 1.807) is 4.68 Å². The maximum absolute atomic E-state index is 12.2. The summed E-state index contributed by atoms with van der Waals surface area (Å²) in [6.07, 6.45) is 3.21. The minimum absolute atomic E-state index is 0.0686. The number of hydrogen-bond donors (Lipinski definition) is 2. The van der Waals surface area contributed by atoms with Crippen molar-refractivity contribution in [2.24, 2.45) is 7.05 Å². The summed E-state index contributed by atoms with van der Waals surface area (Å²) in [6, 6.07) is 0.845. The van der Waals surface area contributed by atoms with Crippen LogP contribution in [0.1, 0.15) is 19.0 Å². The number of aryl methyl sites for hydroxylation is 1. The van der Waals surface area contributed by atoms with Crippen molar-refractivity contribution < 1.29 is 14.7 Å². The predicted molar refractivity (Wildman–Crippen MR) is 80.1 cm³/mol. The number of carbonyl (C=O) groups is 2. The number of hydrogen-bond acceptors (Lipinski definition) is 4. The number of nitrogens with zero attached hydrogens (tertiary/aromatic N) is 3. The molecular weight excluding hydrogens is 292 g/mol. The van der Waals surface area contributed by atoms with Crippen LogP contribution in [-0.4, -0.2) is 55.5 Å². The zero-order valence-electron chi connectivity index (χ0n) is 12.2. The fourth-order valence-electron chi connectivity index (χ4n) is 2.33. The van der Waals surface area contributed by atoms with E-state index in [9.17, 15) is 14.7 Å². The zero-order chi connectivity index (χ0) is 15.4. The molecule has 1 aromatic heterocycles. The molecule has 0 radical (unpaired) electrons. The first-order valence-electron chi connectivity index (χ1n) is 6.92. The van der Waals surface area contributed by atoms with Crippen LogP contribution < -0.4 is 5.32 Å². The standard InChI is InChI=1S/C13H20N4O3S/c1-3-11-17(10(8-21-11)12(18)19)13(20)14-6-4-9-5-7-16(2)15-9/h5,7,10-11H,3-4,6,8H2,1-2H3,(H,14,20)(H,18,19). The molecule has 1 fully saturated rings. The lowest BCUT2D eigenvalue weighted by Gasteiger charge is -2.26. The fraction of sp³-hybridized carbons (Fsp3) is 0.615. The number of aromatic nitrogens is 2. The molecule has 1 aliphatic heterocycles. The van der Waals surface area contributed by atoms with Gasteiger partial charge in [0, 0.05) is 32.0 Å². The van der Waals surface area contributed by atoms with Crippen LogP contribution in [0.4, 0.5) is 4.79 Å². The molecule has 1 aliphatic rings. The Balaban J connectivity index is 1.89. The summed E-state index contributed by atoms with van der Waals surface area (Å²) in [5.41, 5.74) is 0.899. The minimum Gasteiger partial charge on any atom is -0.480 e. The molecule has 2 N–H and O–H groups in total. The van der Waals surface area contributed by atoms with Gasteiger partial charge >= 0.3 is 12.0 Å². The monoisotopic (exact) mass is 312 g/mol. The van der Waals surface area contributed by atoms with E-state index in [1.165, 1.54) is 16.7 Å². The molecule has 7 nitrogen and oxygen atoms in total. The molecule has 2 heterocycles. The minimum atomic E-state index is -0.946. The lowest BCUT2D eigenvalue weighted by Crippen LogP contribution is -2.50. The van der Waals surface area contributed by atoms with Gasteiger partial charge in [-0.3, -0.25) is 9.58 Å². The predicted octanol–water partition coefficient (Wildman–Crippen LogP) is 0.910. The summed E-state index contributed by atoms with van der Waals surface area (Å²) in [6.45, 7) is 2.40. The SMILES string of the molecule is CCC1SCC(C(=O)O)N1C(=O)NCCc1ccn(C)n1. The maximum Gasteiger partial charge on any atom is 0.327 e. The number of carbonyl (C=O) groups excluding carboxylic acids is 1. The first-order valence-corrected chi connectivity index (χ1v) is 7.97. The third kappa shape index (κ3) is 3.69. The van der Waals surface area contributed by atoms with Crippen molar-refractivity contribution in [3.63, 3.8) is 0 Å².